The molecule has 0 bridgehead atoms. The first-order valence-electron chi connectivity index (χ1n) is 6.38. The molecule has 1 aromatic rings. The van der Waals surface area contributed by atoms with Gasteiger partial charge >= 0.3 is 0 Å². The number of ether oxygens (including phenoxy) is 1. The van der Waals surface area contributed by atoms with Crippen LogP contribution >= 0.6 is 15.9 Å². The normalized spacial score (nSPS) is 18.7. The van der Waals surface area contributed by atoms with Crippen LogP contribution in [0.15, 0.2) is 22.7 Å². The van der Waals surface area contributed by atoms with Crippen molar-refractivity contribution in [3.63, 3.8) is 0 Å². The molecule has 0 aliphatic carbocycles. The summed E-state index contributed by atoms with van der Waals surface area (Å²) < 4.78 is 5.89. The second kappa shape index (κ2) is 6.98. The number of nitro benzene ring substituents is 1. The van der Waals surface area contributed by atoms with Gasteiger partial charge in [0, 0.05) is 25.8 Å². The quantitative estimate of drug-likeness (QED) is 0.495. The molecular weight excluding hydrogens is 312 g/mol. The van der Waals surface area contributed by atoms with E-state index in [9.17, 15) is 10.1 Å². The van der Waals surface area contributed by atoms with Gasteiger partial charge in [0.15, 0.2) is 0 Å². The van der Waals surface area contributed by atoms with Crippen LogP contribution in [0.3, 0.4) is 0 Å². The molecule has 1 aliphatic heterocycles. The Morgan fingerprint density at radius 2 is 2.37 bits per heavy atom. The van der Waals surface area contributed by atoms with Gasteiger partial charge < -0.3 is 10.1 Å². The number of hydrogen-bond donors (Lipinski definition) is 1. The second-order valence-corrected chi connectivity index (χ2v) is 5.50. The Kier molecular flexibility index (Phi) is 5.30. The molecule has 1 unspecified atom stereocenters. The molecule has 1 N–H and O–H groups in total. The molecule has 0 spiro atoms. The van der Waals surface area contributed by atoms with E-state index >= 15 is 0 Å². The zero-order chi connectivity index (χ0) is 13.7. The van der Waals surface area contributed by atoms with Crippen LogP contribution in [0.5, 0.6) is 0 Å². The fourth-order valence-corrected chi connectivity index (χ4v) is 2.73. The van der Waals surface area contributed by atoms with Crippen LogP contribution in [-0.2, 0) is 11.3 Å². The summed E-state index contributed by atoms with van der Waals surface area (Å²) in [6, 6.07) is 5.11. The molecule has 0 saturated carbocycles. The third-order valence-electron chi connectivity index (χ3n) is 3.32. The summed E-state index contributed by atoms with van der Waals surface area (Å²) in [5, 5.41) is 14.1. The van der Waals surface area contributed by atoms with Gasteiger partial charge in [-0.15, -0.1) is 0 Å². The van der Waals surface area contributed by atoms with Crippen LogP contribution < -0.4 is 5.32 Å². The summed E-state index contributed by atoms with van der Waals surface area (Å²) in [7, 11) is 0. The first-order valence-corrected chi connectivity index (χ1v) is 7.18. The Bertz CT molecular complexity index is 448. The lowest BCUT2D eigenvalue weighted by Gasteiger charge is -2.09. The van der Waals surface area contributed by atoms with Crippen molar-refractivity contribution in [1.82, 2.24) is 5.32 Å². The van der Waals surface area contributed by atoms with Crippen LogP contribution in [0.25, 0.3) is 0 Å². The molecule has 1 atom stereocenters. The van der Waals surface area contributed by atoms with E-state index in [-0.39, 0.29) is 10.6 Å². The number of rotatable bonds is 6. The fourth-order valence-electron chi connectivity index (χ4n) is 2.18. The minimum atomic E-state index is -0.372. The first-order chi connectivity index (χ1) is 9.18. The van der Waals surface area contributed by atoms with Crippen molar-refractivity contribution < 1.29 is 9.66 Å². The maximum atomic E-state index is 10.8. The minimum absolute atomic E-state index is 0.114. The van der Waals surface area contributed by atoms with Gasteiger partial charge in [-0.2, -0.15) is 0 Å². The van der Waals surface area contributed by atoms with Gasteiger partial charge in [0.05, 0.1) is 9.40 Å². The minimum Gasteiger partial charge on any atom is -0.381 e. The fraction of sp³-hybridized carbons (Fsp3) is 0.538. The number of nitro groups is 1. The second-order valence-electron chi connectivity index (χ2n) is 4.70. The standard InChI is InChI=1S/C13H17BrN2O3/c14-13-11(2-1-3-12(13)16(17)18)8-15-6-4-10-5-7-19-9-10/h1-3,10,15H,4-9H2. The molecule has 0 radical (unpaired) electrons. The molecule has 1 aromatic carbocycles. The maximum absolute atomic E-state index is 10.8. The Morgan fingerprint density at radius 1 is 1.53 bits per heavy atom. The largest absolute Gasteiger partial charge is 0.381 e. The number of hydrogen-bond acceptors (Lipinski definition) is 4. The van der Waals surface area contributed by atoms with Crippen LogP contribution in [0.2, 0.25) is 0 Å². The average molecular weight is 329 g/mol. The molecule has 19 heavy (non-hydrogen) atoms. The van der Waals surface area contributed by atoms with E-state index in [1.54, 1.807) is 6.07 Å². The average Bonchev–Trinajstić information content (AvgIpc) is 2.89. The molecule has 1 saturated heterocycles. The molecule has 0 amide bonds. The molecule has 1 heterocycles. The Labute approximate surface area is 120 Å². The predicted octanol–water partition coefficient (Wildman–Crippen LogP) is 2.87. The van der Waals surface area contributed by atoms with E-state index in [2.05, 4.69) is 21.2 Å². The van der Waals surface area contributed by atoms with E-state index < -0.39 is 0 Å². The topological polar surface area (TPSA) is 64.4 Å². The van der Waals surface area contributed by atoms with Crippen LogP contribution in [0.4, 0.5) is 5.69 Å². The molecule has 1 fully saturated rings. The monoisotopic (exact) mass is 328 g/mol. The number of benzene rings is 1. The summed E-state index contributed by atoms with van der Waals surface area (Å²) in [5.41, 5.74) is 1.03. The Hall–Kier alpha value is -0.980. The van der Waals surface area contributed by atoms with Crippen molar-refractivity contribution in [3.8, 4) is 0 Å². The first kappa shape index (κ1) is 14.4. The molecule has 6 heteroatoms. The number of nitrogens with one attached hydrogen (secondary N) is 1. The van der Waals surface area contributed by atoms with E-state index in [1.165, 1.54) is 6.07 Å². The van der Waals surface area contributed by atoms with Gasteiger partial charge in [0.2, 0.25) is 0 Å². The van der Waals surface area contributed by atoms with E-state index in [1.807, 2.05) is 6.07 Å². The lowest BCUT2D eigenvalue weighted by Crippen LogP contribution is -2.18. The maximum Gasteiger partial charge on any atom is 0.283 e. The summed E-state index contributed by atoms with van der Waals surface area (Å²) in [4.78, 5) is 10.4. The van der Waals surface area contributed by atoms with Crippen molar-refractivity contribution >= 4 is 21.6 Å². The predicted molar refractivity (Wildman–Crippen MR) is 76.0 cm³/mol. The van der Waals surface area contributed by atoms with Gasteiger partial charge in [0.25, 0.3) is 5.69 Å². The lowest BCUT2D eigenvalue weighted by atomic mass is 10.1. The summed E-state index contributed by atoms with van der Waals surface area (Å²) in [6.45, 7) is 3.28. The Balaban J connectivity index is 1.82. The molecule has 0 aromatic heterocycles. The third kappa shape index (κ3) is 3.99. The van der Waals surface area contributed by atoms with Crippen molar-refractivity contribution in [2.75, 3.05) is 19.8 Å². The van der Waals surface area contributed by atoms with Gasteiger partial charge in [-0.1, -0.05) is 12.1 Å². The van der Waals surface area contributed by atoms with Crippen LogP contribution in [0, 0.1) is 16.0 Å². The molecular formula is C13H17BrN2O3. The zero-order valence-corrected chi connectivity index (χ0v) is 12.2. The van der Waals surface area contributed by atoms with Gasteiger partial charge in [-0.05, 0) is 46.8 Å². The summed E-state index contributed by atoms with van der Waals surface area (Å²) in [5.74, 6) is 0.654. The van der Waals surface area contributed by atoms with Gasteiger partial charge in [-0.25, -0.2) is 0 Å². The Morgan fingerprint density at radius 3 is 3.05 bits per heavy atom. The van der Waals surface area contributed by atoms with E-state index in [4.69, 9.17) is 4.74 Å². The van der Waals surface area contributed by atoms with Crippen molar-refractivity contribution in [2.24, 2.45) is 5.92 Å². The highest BCUT2D eigenvalue weighted by Gasteiger charge is 2.16. The summed E-state index contributed by atoms with van der Waals surface area (Å²) >= 11 is 3.30. The number of halogens is 1. The molecule has 1 aliphatic rings. The lowest BCUT2D eigenvalue weighted by molar-refractivity contribution is -0.385. The highest BCUT2D eigenvalue weighted by atomic mass is 79.9. The van der Waals surface area contributed by atoms with Gasteiger partial charge in [-0.3, -0.25) is 10.1 Å². The molecule has 104 valence electrons. The van der Waals surface area contributed by atoms with Crippen molar-refractivity contribution in [1.29, 1.82) is 0 Å². The molecule has 2 rings (SSSR count). The summed E-state index contributed by atoms with van der Waals surface area (Å²) in [6.07, 6.45) is 2.23. The highest BCUT2D eigenvalue weighted by molar-refractivity contribution is 9.10. The SMILES string of the molecule is O=[N+]([O-])c1cccc(CNCCC2CCOC2)c1Br. The third-order valence-corrected chi connectivity index (χ3v) is 4.24. The number of nitrogens with zero attached hydrogens (tertiary/aromatic N) is 1. The zero-order valence-electron chi connectivity index (χ0n) is 10.6. The van der Waals surface area contributed by atoms with Crippen molar-refractivity contribution in [3.05, 3.63) is 38.3 Å². The molecule has 5 nitrogen and oxygen atoms in total. The van der Waals surface area contributed by atoms with E-state index in [0.717, 1.165) is 38.2 Å². The van der Waals surface area contributed by atoms with Crippen LogP contribution in [0.1, 0.15) is 18.4 Å². The van der Waals surface area contributed by atoms with E-state index in [0.29, 0.717) is 16.9 Å². The smallest absolute Gasteiger partial charge is 0.283 e. The van der Waals surface area contributed by atoms with Crippen LogP contribution in [-0.4, -0.2) is 24.7 Å². The van der Waals surface area contributed by atoms with Gasteiger partial charge in [0.1, 0.15) is 0 Å². The van der Waals surface area contributed by atoms with Crippen molar-refractivity contribution in [2.45, 2.75) is 19.4 Å². The highest BCUT2D eigenvalue weighted by Crippen LogP contribution is 2.28.